The largest absolute Gasteiger partial charge is 0.359 e. The van der Waals surface area contributed by atoms with E-state index in [2.05, 4.69) is 4.98 Å². The highest BCUT2D eigenvalue weighted by Crippen LogP contribution is 2.24. The van der Waals surface area contributed by atoms with E-state index in [4.69, 9.17) is 4.74 Å². The molecule has 0 bridgehead atoms. The van der Waals surface area contributed by atoms with E-state index in [1.807, 2.05) is 50.2 Å². The standard InChI is InChI=1S/C21H21N3O3/c1-21(2)13-27-14-24(21)20(26)17-11-16-9-6-10-22-18(16)23(19(17)25)12-15-7-4-3-5-8-15/h3-11H,12-14H2,1-2H3. The molecule has 1 aromatic carbocycles. The van der Waals surface area contributed by atoms with Gasteiger partial charge in [0.25, 0.3) is 11.5 Å². The molecule has 1 aliphatic rings. The van der Waals surface area contributed by atoms with Crippen LogP contribution < -0.4 is 5.56 Å². The molecule has 6 nitrogen and oxygen atoms in total. The molecule has 0 radical (unpaired) electrons. The van der Waals surface area contributed by atoms with Crippen LogP contribution in [0.25, 0.3) is 11.0 Å². The summed E-state index contributed by atoms with van der Waals surface area (Å²) in [6.45, 7) is 4.86. The lowest BCUT2D eigenvalue weighted by Gasteiger charge is -2.29. The third-order valence-electron chi connectivity index (χ3n) is 4.91. The van der Waals surface area contributed by atoms with Crippen molar-refractivity contribution >= 4 is 16.9 Å². The molecule has 6 heteroatoms. The Bertz CT molecular complexity index is 1060. The number of aromatic nitrogens is 2. The number of hydrogen-bond donors (Lipinski definition) is 0. The lowest BCUT2D eigenvalue weighted by Crippen LogP contribution is -2.46. The van der Waals surface area contributed by atoms with Crippen molar-refractivity contribution in [1.29, 1.82) is 0 Å². The van der Waals surface area contributed by atoms with E-state index in [0.717, 1.165) is 10.9 Å². The van der Waals surface area contributed by atoms with E-state index in [-0.39, 0.29) is 23.8 Å². The number of amides is 1. The van der Waals surface area contributed by atoms with Gasteiger partial charge in [-0.3, -0.25) is 14.2 Å². The van der Waals surface area contributed by atoms with E-state index < -0.39 is 5.54 Å². The van der Waals surface area contributed by atoms with Crippen molar-refractivity contribution in [3.63, 3.8) is 0 Å². The molecule has 0 spiro atoms. The van der Waals surface area contributed by atoms with Gasteiger partial charge in [0.05, 0.1) is 18.7 Å². The minimum Gasteiger partial charge on any atom is -0.359 e. The molecule has 1 amide bonds. The van der Waals surface area contributed by atoms with Crippen molar-refractivity contribution in [2.75, 3.05) is 13.3 Å². The number of benzene rings is 1. The predicted octanol–water partition coefficient (Wildman–Crippen LogP) is 2.65. The second kappa shape index (κ2) is 6.63. The molecule has 1 fully saturated rings. The highest BCUT2D eigenvalue weighted by atomic mass is 16.5. The van der Waals surface area contributed by atoms with Crippen LogP contribution in [0.4, 0.5) is 0 Å². The zero-order valence-electron chi connectivity index (χ0n) is 15.4. The van der Waals surface area contributed by atoms with Crippen LogP contribution in [0.3, 0.4) is 0 Å². The molecule has 0 saturated carbocycles. The minimum atomic E-state index is -0.447. The number of carbonyl (C=O) groups excluding carboxylic acids is 1. The van der Waals surface area contributed by atoms with Crippen LogP contribution in [0.15, 0.2) is 59.5 Å². The van der Waals surface area contributed by atoms with Gasteiger partial charge < -0.3 is 9.64 Å². The molecule has 4 rings (SSSR count). The van der Waals surface area contributed by atoms with Crippen LogP contribution in [-0.4, -0.2) is 39.2 Å². The molecule has 1 aliphatic heterocycles. The Balaban J connectivity index is 1.86. The Morgan fingerprint density at radius 2 is 1.96 bits per heavy atom. The van der Waals surface area contributed by atoms with Gasteiger partial charge in [0.2, 0.25) is 0 Å². The average Bonchev–Trinajstić information content (AvgIpc) is 3.03. The first-order valence-corrected chi connectivity index (χ1v) is 8.89. The summed E-state index contributed by atoms with van der Waals surface area (Å²) in [5, 5.41) is 0.759. The summed E-state index contributed by atoms with van der Waals surface area (Å²) in [4.78, 5) is 32.4. The van der Waals surface area contributed by atoms with Gasteiger partial charge in [0, 0.05) is 11.6 Å². The van der Waals surface area contributed by atoms with Gasteiger partial charge in [-0.15, -0.1) is 0 Å². The second-order valence-electron chi connectivity index (χ2n) is 7.37. The van der Waals surface area contributed by atoms with Crippen molar-refractivity contribution in [1.82, 2.24) is 14.5 Å². The molecule has 138 valence electrons. The highest BCUT2D eigenvalue weighted by Gasteiger charge is 2.38. The van der Waals surface area contributed by atoms with Gasteiger partial charge in [0.15, 0.2) is 0 Å². The molecular formula is C21H21N3O3. The van der Waals surface area contributed by atoms with E-state index >= 15 is 0 Å². The first-order chi connectivity index (χ1) is 13.0. The fourth-order valence-corrected chi connectivity index (χ4v) is 3.39. The maximum Gasteiger partial charge on any atom is 0.265 e. The molecule has 2 aromatic heterocycles. The first-order valence-electron chi connectivity index (χ1n) is 8.89. The molecule has 27 heavy (non-hydrogen) atoms. The minimum absolute atomic E-state index is 0.144. The summed E-state index contributed by atoms with van der Waals surface area (Å²) in [5.74, 6) is -0.310. The van der Waals surface area contributed by atoms with Gasteiger partial charge in [-0.25, -0.2) is 4.98 Å². The van der Waals surface area contributed by atoms with E-state index in [0.29, 0.717) is 18.8 Å². The quantitative estimate of drug-likeness (QED) is 0.718. The fraction of sp³-hybridized carbons (Fsp3) is 0.286. The number of carbonyl (C=O) groups is 1. The topological polar surface area (TPSA) is 64.4 Å². The predicted molar refractivity (Wildman–Crippen MR) is 103 cm³/mol. The molecule has 0 atom stereocenters. The maximum atomic E-state index is 13.2. The summed E-state index contributed by atoms with van der Waals surface area (Å²) >= 11 is 0. The Labute approximate surface area is 157 Å². The fourth-order valence-electron chi connectivity index (χ4n) is 3.39. The third-order valence-corrected chi connectivity index (χ3v) is 4.91. The maximum absolute atomic E-state index is 13.2. The van der Waals surface area contributed by atoms with Crippen molar-refractivity contribution in [3.05, 3.63) is 76.2 Å². The summed E-state index contributed by atoms with van der Waals surface area (Å²) in [6, 6.07) is 15.0. The van der Waals surface area contributed by atoms with Crippen molar-refractivity contribution in [2.24, 2.45) is 0 Å². The first kappa shape index (κ1) is 17.4. The summed E-state index contributed by atoms with van der Waals surface area (Å²) in [6.07, 6.45) is 1.65. The molecule has 3 heterocycles. The summed E-state index contributed by atoms with van der Waals surface area (Å²) < 4.78 is 7.02. The van der Waals surface area contributed by atoms with Crippen LogP contribution >= 0.6 is 0 Å². The molecule has 1 saturated heterocycles. The molecule has 3 aromatic rings. The smallest absolute Gasteiger partial charge is 0.265 e. The SMILES string of the molecule is CC1(C)COCN1C(=O)c1cc2cccnc2n(Cc2ccccc2)c1=O. The van der Waals surface area contributed by atoms with Crippen LogP contribution in [0.2, 0.25) is 0 Å². The van der Waals surface area contributed by atoms with Crippen LogP contribution in [0.1, 0.15) is 29.8 Å². The van der Waals surface area contributed by atoms with Gasteiger partial charge in [0.1, 0.15) is 17.9 Å². The number of rotatable bonds is 3. The molecular weight excluding hydrogens is 342 g/mol. The van der Waals surface area contributed by atoms with E-state index in [1.165, 1.54) is 0 Å². The summed E-state index contributed by atoms with van der Waals surface area (Å²) in [7, 11) is 0. The van der Waals surface area contributed by atoms with Crippen LogP contribution in [-0.2, 0) is 11.3 Å². The van der Waals surface area contributed by atoms with Gasteiger partial charge >= 0.3 is 0 Å². The monoisotopic (exact) mass is 363 g/mol. The van der Waals surface area contributed by atoms with Crippen molar-refractivity contribution < 1.29 is 9.53 Å². The molecule has 0 unspecified atom stereocenters. The number of pyridine rings is 2. The average molecular weight is 363 g/mol. The number of fused-ring (bicyclic) bond motifs is 1. The number of hydrogen-bond acceptors (Lipinski definition) is 4. The van der Waals surface area contributed by atoms with Crippen molar-refractivity contribution in [3.8, 4) is 0 Å². The van der Waals surface area contributed by atoms with E-state index in [1.54, 1.807) is 27.8 Å². The second-order valence-corrected chi connectivity index (χ2v) is 7.37. The molecule has 0 N–H and O–H groups in total. The lowest BCUT2D eigenvalue weighted by molar-refractivity contribution is 0.0603. The van der Waals surface area contributed by atoms with E-state index in [9.17, 15) is 9.59 Å². The normalized spacial score (nSPS) is 16.0. The van der Waals surface area contributed by atoms with Crippen LogP contribution in [0.5, 0.6) is 0 Å². The Morgan fingerprint density at radius 3 is 2.67 bits per heavy atom. The number of ether oxygens (including phenoxy) is 1. The third kappa shape index (κ3) is 3.13. The van der Waals surface area contributed by atoms with Gasteiger partial charge in [-0.1, -0.05) is 30.3 Å². The van der Waals surface area contributed by atoms with Gasteiger partial charge in [-0.2, -0.15) is 0 Å². The summed E-state index contributed by atoms with van der Waals surface area (Å²) in [5.41, 5.74) is 0.904. The Hall–Kier alpha value is -2.99. The molecule has 0 aliphatic carbocycles. The van der Waals surface area contributed by atoms with Crippen molar-refractivity contribution in [2.45, 2.75) is 25.9 Å². The van der Waals surface area contributed by atoms with Gasteiger partial charge in [-0.05, 0) is 37.6 Å². The lowest BCUT2D eigenvalue weighted by atomic mass is 10.0. The highest BCUT2D eigenvalue weighted by molar-refractivity contribution is 5.97. The zero-order chi connectivity index (χ0) is 19.0. The Kier molecular flexibility index (Phi) is 4.28. The zero-order valence-corrected chi connectivity index (χ0v) is 15.4. The number of nitrogens with zero attached hydrogens (tertiary/aromatic N) is 3. The van der Waals surface area contributed by atoms with Crippen LogP contribution in [0, 0.1) is 0 Å². The Morgan fingerprint density at radius 1 is 1.19 bits per heavy atom.